The number of sulfonamides is 1. The van der Waals surface area contributed by atoms with Crippen molar-refractivity contribution in [1.29, 1.82) is 0 Å². The average molecular weight is 438 g/mol. The van der Waals surface area contributed by atoms with Crippen LogP contribution < -0.4 is 5.32 Å². The molecule has 0 spiro atoms. The Kier molecular flexibility index (Phi) is 6.36. The maximum atomic E-state index is 13.1. The van der Waals surface area contributed by atoms with E-state index in [4.69, 9.17) is 0 Å². The summed E-state index contributed by atoms with van der Waals surface area (Å²) >= 11 is 0. The summed E-state index contributed by atoms with van der Waals surface area (Å²) in [6.45, 7) is 3.65. The Balaban J connectivity index is 1.34. The molecule has 1 amide bonds. The Morgan fingerprint density at radius 1 is 0.903 bits per heavy atom. The lowest BCUT2D eigenvalue weighted by Crippen LogP contribution is -2.52. The van der Waals surface area contributed by atoms with Gasteiger partial charge in [-0.05, 0) is 35.4 Å². The topological polar surface area (TPSA) is 69.7 Å². The zero-order chi connectivity index (χ0) is 21.8. The van der Waals surface area contributed by atoms with Gasteiger partial charge in [0.1, 0.15) is 0 Å². The second kappa shape index (κ2) is 9.18. The molecule has 7 heteroatoms. The average Bonchev–Trinajstić information content (AvgIpc) is 2.82. The fourth-order valence-corrected chi connectivity index (χ4v) is 5.32. The monoisotopic (exact) mass is 437 g/mol. The first-order chi connectivity index (χ1) is 14.9. The van der Waals surface area contributed by atoms with Gasteiger partial charge in [-0.15, -0.1) is 0 Å². The molecule has 0 aliphatic carbocycles. The van der Waals surface area contributed by atoms with Gasteiger partial charge in [-0.25, -0.2) is 8.42 Å². The summed E-state index contributed by atoms with van der Waals surface area (Å²) in [7, 11) is -3.58. The summed E-state index contributed by atoms with van der Waals surface area (Å²) in [6.07, 6.45) is 0. The van der Waals surface area contributed by atoms with E-state index in [-0.39, 0.29) is 18.5 Å². The van der Waals surface area contributed by atoms with Crippen LogP contribution in [-0.4, -0.2) is 56.3 Å². The van der Waals surface area contributed by atoms with E-state index in [0.717, 1.165) is 16.3 Å². The first-order valence-corrected chi connectivity index (χ1v) is 11.9. The number of piperazine rings is 1. The quantitative estimate of drug-likeness (QED) is 0.644. The van der Waals surface area contributed by atoms with Crippen LogP contribution in [0.5, 0.6) is 0 Å². The molecule has 4 rings (SSSR count). The van der Waals surface area contributed by atoms with Gasteiger partial charge in [-0.3, -0.25) is 4.79 Å². The molecule has 1 atom stereocenters. The fourth-order valence-electron chi connectivity index (χ4n) is 3.87. The summed E-state index contributed by atoms with van der Waals surface area (Å²) in [5.41, 5.74) is 1.13. The van der Waals surface area contributed by atoms with Gasteiger partial charge in [0.15, 0.2) is 0 Å². The number of amides is 1. The second-order valence-electron chi connectivity index (χ2n) is 7.81. The minimum absolute atomic E-state index is 0.00876. The molecule has 1 saturated heterocycles. The number of benzene rings is 3. The number of carbonyl (C=O) groups is 1. The predicted molar refractivity (Wildman–Crippen MR) is 122 cm³/mol. The molecule has 1 aliphatic heterocycles. The lowest BCUT2D eigenvalue weighted by atomic mass is 10.1. The standard InChI is InChI=1S/C24H27N3O3S/c1-19(20-7-3-2-4-8-20)25-18-24(28)26-13-15-27(16-14-26)31(29,30)23-12-11-21-9-5-6-10-22(21)17-23/h2-12,17,19,25H,13-16,18H2,1H3. The van der Waals surface area contributed by atoms with Gasteiger partial charge in [0, 0.05) is 32.2 Å². The van der Waals surface area contributed by atoms with Crippen LogP contribution >= 0.6 is 0 Å². The van der Waals surface area contributed by atoms with Gasteiger partial charge in [0.25, 0.3) is 0 Å². The number of nitrogens with zero attached hydrogens (tertiary/aromatic N) is 2. The molecule has 0 bridgehead atoms. The SMILES string of the molecule is CC(NCC(=O)N1CCN(S(=O)(=O)c2ccc3ccccc3c2)CC1)c1ccccc1. The van der Waals surface area contributed by atoms with E-state index in [1.165, 1.54) is 4.31 Å². The van der Waals surface area contributed by atoms with E-state index >= 15 is 0 Å². The molecule has 162 valence electrons. The van der Waals surface area contributed by atoms with Crippen molar-refractivity contribution < 1.29 is 13.2 Å². The highest BCUT2D eigenvalue weighted by molar-refractivity contribution is 7.89. The van der Waals surface area contributed by atoms with Gasteiger partial charge in [-0.1, -0.05) is 60.7 Å². The Bertz CT molecular complexity index is 1160. The fraction of sp³-hybridized carbons (Fsp3) is 0.292. The number of fused-ring (bicyclic) bond motifs is 1. The largest absolute Gasteiger partial charge is 0.339 e. The van der Waals surface area contributed by atoms with Crippen molar-refractivity contribution in [2.24, 2.45) is 0 Å². The lowest BCUT2D eigenvalue weighted by molar-refractivity contribution is -0.131. The van der Waals surface area contributed by atoms with Crippen molar-refractivity contribution in [3.63, 3.8) is 0 Å². The van der Waals surface area contributed by atoms with Crippen molar-refractivity contribution in [2.75, 3.05) is 32.7 Å². The van der Waals surface area contributed by atoms with Crippen LogP contribution in [0.1, 0.15) is 18.5 Å². The van der Waals surface area contributed by atoms with E-state index in [0.29, 0.717) is 31.1 Å². The van der Waals surface area contributed by atoms with Crippen molar-refractivity contribution in [3.05, 3.63) is 78.4 Å². The smallest absolute Gasteiger partial charge is 0.243 e. The van der Waals surface area contributed by atoms with Gasteiger partial charge in [-0.2, -0.15) is 4.31 Å². The van der Waals surface area contributed by atoms with Gasteiger partial charge < -0.3 is 10.2 Å². The first-order valence-electron chi connectivity index (χ1n) is 10.5. The zero-order valence-electron chi connectivity index (χ0n) is 17.6. The molecule has 1 N–H and O–H groups in total. The molecule has 0 saturated carbocycles. The maximum absolute atomic E-state index is 13.1. The van der Waals surface area contributed by atoms with Crippen LogP contribution in [-0.2, 0) is 14.8 Å². The minimum atomic E-state index is -3.58. The zero-order valence-corrected chi connectivity index (χ0v) is 18.4. The van der Waals surface area contributed by atoms with E-state index in [1.54, 1.807) is 17.0 Å². The van der Waals surface area contributed by atoms with Crippen LogP contribution in [0.15, 0.2) is 77.7 Å². The van der Waals surface area contributed by atoms with E-state index in [2.05, 4.69) is 5.32 Å². The summed E-state index contributed by atoms with van der Waals surface area (Å²) < 4.78 is 27.7. The van der Waals surface area contributed by atoms with E-state index in [9.17, 15) is 13.2 Å². The van der Waals surface area contributed by atoms with Crippen LogP contribution in [0.4, 0.5) is 0 Å². The Morgan fingerprint density at radius 3 is 2.26 bits per heavy atom. The Labute approximate surface area is 183 Å². The van der Waals surface area contributed by atoms with Crippen LogP contribution in [0.2, 0.25) is 0 Å². The normalized spacial score (nSPS) is 16.4. The third-order valence-corrected chi connectivity index (χ3v) is 7.70. The van der Waals surface area contributed by atoms with Crippen molar-refractivity contribution in [3.8, 4) is 0 Å². The lowest BCUT2D eigenvalue weighted by Gasteiger charge is -2.34. The summed E-state index contributed by atoms with van der Waals surface area (Å²) in [5.74, 6) is -0.00876. The van der Waals surface area contributed by atoms with Gasteiger partial charge >= 0.3 is 0 Å². The minimum Gasteiger partial charge on any atom is -0.339 e. The number of carbonyl (C=O) groups excluding carboxylic acids is 1. The van der Waals surface area contributed by atoms with Gasteiger partial charge in [0.05, 0.1) is 11.4 Å². The summed E-state index contributed by atoms with van der Waals surface area (Å²) in [4.78, 5) is 14.6. The number of hydrogen-bond donors (Lipinski definition) is 1. The molecule has 0 aromatic heterocycles. The van der Waals surface area contributed by atoms with E-state index in [1.807, 2.05) is 67.6 Å². The molecular weight excluding hydrogens is 410 g/mol. The van der Waals surface area contributed by atoms with Gasteiger partial charge in [0.2, 0.25) is 15.9 Å². The highest BCUT2D eigenvalue weighted by Crippen LogP contribution is 2.23. The first kappa shape index (κ1) is 21.5. The second-order valence-corrected chi connectivity index (χ2v) is 9.75. The van der Waals surface area contributed by atoms with Crippen LogP contribution in [0.25, 0.3) is 10.8 Å². The van der Waals surface area contributed by atoms with Crippen molar-refractivity contribution >= 4 is 26.7 Å². The highest BCUT2D eigenvalue weighted by atomic mass is 32.2. The molecule has 1 unspecified atom stereocenters. The summed E-state index contributed by atoms with van der Waals surface area (Å²) in [6, 6.07) is 23.0. The van der Waals surface area contributed by atoms with Crippen molar-refractivity contribution in [2.45, 2.75) is 17.9 Å². The Morgan fingerprint density at radius 2 is 1.55 bits per heavy atom. The highest BCUT2D eigenvalue weighted by Gasteiger charge is 2.30. The molecular formula is C24H27N3O3S. The number of hydrogen-bond acceptors (Lipinski definition) is 4. The molecule has 3 aromatic carbocycles. The number of nitrogens with one attached hydrogen (secondary N) is 1. The van der Waals surface area contributed by atoms with E-state index < -0.39 is 10.0 Å². The van der Waals surface area contributed by atoms with Crippen LogP contribution in [0.3, 0.4) is 0 Å². The number of rotatable bonds is 6. The Hall–Kier alpha value is -2.74. The van der Waals surface area contributed by atoms with Crippen molar-refractivity contribution in [1.82, 2.24) is 14.5 Å². The third kappa shape index (κ3) is 4.79. The molecule has 31 heavy (non-hydrogen) atoms. The predicted octanol–water partition coefficient (Wildman–Crippen LogP) is 3.02. The summed E-state index contributed by atoms with van der Waals surface area (Å²) in [5, 5.41) is 5.16. The molecule has 6 nitrogen and oxygen atoms in total. The maximum Gasteiger partial charge on any atom is 0.243 e. The molecule has 1 aliphatic rings. The van der Waals surface area contributed by atoms with Crippen LogP contribution in [0, 0.1) is 0 Å². The molecule has 1 heterocycles. The third-order valence-electron chi connectivity index (χ3n) is 5.81. The molecule has 0 radical (unpaired) electrons. The molecule has 1 fully saturated rings. The molecule has 3 aromatic rings.